The molecule has 138 valence electrons. The molecule has 9 nitrogen and oxygen atoms in total. The number of hydrogen-bond acceptors (Lipinski definition) is 6. The van der Waals surface area contributed by atoms with E-state index < -0.39 is 60.5 Å². The molecule has 0 radical (unpaired) electrons. The largest absolute Gasteiger partial charge is 0.471 e. The number of ether oxygens (including phenoxy) is 1. The van der Waals surface area contributed by atoms with E-state index in [-0.39, 0.29) is 5.56 Å². The monoisotopic (exact) mass is 365 g/mol. The summed E-state index contributed by atoms with van der Waals surface area (Å²) in [4.78, 5) is 37.4. The fourth-order valence-electron chi connectivity index (χ4n) is 3.24. The van der Waals surface area contributed by atoms with Gasteiger partial charge < -0.3 is 19.8 Å². The predicted molar refractivity (Wildman–Crippen MR) is 73.6 cm³/mol. The summed E-state index contributed by atoms with van der Waals surface area (Å²) in [6, 6.07) is -1.55. The Morgan fingerprint density at radius 1 is 1.48 bits per heavy atom. The molecule has 1 aromatic rings. The van der Waals surface area contributed by atoms with Gasteiger partial charge in [0.25, 0.3) is 5.56 Å². The van der Waals surface area contributed by atoms with Gasteiger partial charge in [0.2, 0.25) is 0 Å². The minimum absolute atomic E-state index is 0.0761. The summed E-state index contributed by atoms with van der Waals surface area (Å²) in [5.41, 5.74) is -3.44. The standard InChI is InChI=1S/C13H14F3N3O6/c1-5-2-18(11(24)17-8(5)22)9-6-7(21)12(4-20,25-9)3-19(6)10(23)13(14,15)16/h2,6-7,9,20-21H,3-4H2,1H3,(H,17,22,24)/t6-,7-,9-,12-/m1/s1. The van der Waals surface area contributed by atoms with Gasteiger partial charge in [0.05, 0.1) is 13.2 Å². The summed E-state index contributed by atoms with van der Waals surface area (Å²) in [5.74, 6) is -2.21. The number of carbonyl (C=O) groups is 1. The number of nitrogens with one attached hydrogen (secondary N) is 1. The molecule has 2 bridgehead atoms. The maximum Gasteiger partial charge on any atom is 0.471 e. The van der Waals surface area contributed by atoms with Gasteiger partial charge in [-0.3, -0.25) is 19.1 Å². The second-order valence-electron chi connectivity index (χ2n) is 6.08. The molecule has 0 aliphatic carbocycles. The first-order valence-corrected chi connectivity index (χ1v) is 7.18. The van der Waals surface area contributed by atoms with Crippen LogP contribution in [0, 0.1) is 6.92 Å². The zero-order valence-electron chi connectivity index (χ0n) is 12.8. The maximum atomic E-state index is 12.8. The van der Waals surface area contributed by atoms with Crippen molar-refractivity contribution >= 4 is 5.91 Å². The van der Waals surface area contributed by atoms with Crippen molar-refractivity contribution in [2.24, 2.45) is 0 Å². The highest BCUT2D eigenvalue weighted by atomic mass is 19.4. The molecule has 2 fully saturated rings. The topological polar surface area (TPSA) is 125 Å². The average Bonchev–Trinajstić information content (AvgIpc) is 2.97. The van der Waals surface area contributed by atoms with Gasteiger partial charge in [0.1, 0.15) is 17.7 Å². The molecular formula is C13H14F3N3O6. The lowest BCUT2D eigenvalue weighted by atomic mass is 10.0. The van der Waals surface area contributed by atoms with Gasteiger partial charge in [0, 0.05) is 11.8 Å². The number of fused-ring (bicyclic) bond motifs is 2. The Labute approximate surface area is 137 Å². The van der Waals surface area contributed by atoms with Gasteiger partial charge in [-0.25, -0.2) is 4.79 Å². The minimum Gasteiger partial charge on any atom is -0.393 e. The smallest absolute Gasteiger partial charge is 0.393 e. The second-order valence-corrected chi connectivity index (χ2v) is 6.08. The molecule has 25 heavy (non-hydrogen) atoms. The number of aliphatic hydroxyl groups is 2. The normalized spacial score (nSPS) is 31.6. The number of nitrogens with zero attached hydrogens (tertiary/aromatic N) is 2. The highest BCUT2D eigenvalue weighted by Crippen LogP contribution is 2.47. The summed E-state index contributed by atoms with van der Waals surface area (Å²) in [7, 11) is 0. The van der Waals surface area contributed by atoms with E-state index in [0.29, 0.717) is 4.90 Å². The number of carbonyl (C=O) groups excluding carboxylic acids is 1. The molecule has 3 N–H and O–H groups in total. The van der Waals surface area contributed by atoms with E-state index in [9.17, 15) is 37.8 Å². The van der Waals surface area contributed by atoms with E-state index in [2.05, 4.69) is 0 Å². The number of alkyl halides is 3. The number of halogens is 3. The lowest BCUT2D eigenvalue weighted by Crippen LogP contribution is -2.54. The number of aromatic nitrogens is 2. The van der Waals surface area contributed by atoms with E-state index in [1.165, 1.54) is 6.92 Å². The number of morpholine rings is 1. The maximum absolute atomic E-state index is 12.8. The molecule has 2 saturated heterocycles. The van der Waals surface area contributed by atoms with Crippen molar-refractivity contribution in [3.05, 3.63) is 32.6 Å². The van der Waals surface area contributed by atoms with Crippen LogP contribution in [-0.4, -0.2) is 67.6 Å². The Hall–Kier alpha value is -2.18. The molecule has 0 saturated carbocycles. The van der Waals surface area contributed by atoms with Crippen LogP contribution in [0.4, 0.5) is 13.2 Å². The van der Waals surface area contributed by atoms with E-state index in [1.807, 2.05) is 4.98 Å². The third-order valence-corrected chi connectivity index (χ3v) is 4.50. The van der Waals surface area contributed by atoms with Crippen LogP contribution in [0.5, 0.6) is 0 Å². The summed E-state index contributed by atoms with van der Waals surface area (Å²) in [6.07, 6.45) is -7.28. The third kappa shape index (κ3) is 2.48. The lowest BCUT2D eigenvalue weighted by molar-refractivity contribution is -0.202. The van der Waals surface area contributed by atoms with Crippen molar-refractivity contribution in [1.82, 2.24) is 14.5 Å². The van der Waals surface area contributed by atoms with E-state index in [1.54, 1.807) is 0 Å². The first kappa shape index (κ1) is 17.6. The van der Waals surface area contributed by atoms with Crippen LogP contribution in [0.25, 0.3) is 0 Å². The molecule has 2 aliphatic heterocycles. The molecule has 0 unspecified atom stereocenters. The molecule has 0 aromatic carbocycles. The zero-order valence-corrected chi connectivity index (χ0v) is 12.8. The lowest BCUT2D eigenvalue weighted by Gasteiger charge is -2.36. The number of aliphatic hydroxyl groups excluding tert-OH is 2. The number of rotatable bonds is 2. The number of hydrogen-bond donors (Lipinski definition) is 3. The molecule has 4 atom stereocenters. The SMILES string of the molecule is Cc1cn([C@@H]2O[C@@]3(CO)CN(C(=O)C(F)(F)F)[C@@H]2[C@H]3O)c(=O)[nH]c1=O. The number of amides is 1. The van der Waals surface area contributed by atoms with Crippen LogP contribution in [0.15, 0.2) is 15.8 Å². The highest BCUT2D eigenvalue weighted by molar-refractivity contribution is 5.83. The van der Waals surface area contributed by atoms with Gasteiger partial charge in [-0.15, -0.1) is 0 Å². The van der Waals surface area contributed by atoms with Crippen molar-refractivity contribution in [3.63, 3.8) is 0 Å². The van der Waals surface area contributed by atoms with Crippen LogP contribution < -0.4 is 11.2 Å². The average molecular weight is 365 g/mol. The Balaban J connectivity index is 2.09. The Kier molecular flexibility index (Phi) is 3.82. The Bertz CT molecular complexity index is 834. The third-order valence-electron chi connectivity index (χ3n) is 4.50. The summed E-state index contributed by atoms with van der Waals surface area (Å²) in [6.45, 7) is -0.181. The van der Waals surface area contributed by atoms with Gasteiger partial charge in [-0.1, -0.05) is 0 Å². The molecule has 3 heterocycles. The number of likely N-dealkylation sites (tertiary alicyclic amines) is 1. The summed E-state index contributed by atoms with van der Waals surface area (Å²) >= 11 is 0. The fourth-order valence-corrected chi connectivity index (χ4v) is 3.24. The quantitative estimate of drug-likeness (QED) is 0.570. The van der Waals surface area contributed by atoms with Crippen molar-refractivity contribution in [2.75, 3.05) is 13.2 Å². The fraction of sp³-hybridized carbons (Fsp3) is 0.615. The van der Waals surface area contributed by atoms with Crippen molar-refractivity contribution in [2.45, 2.75) is 37.1 Å². The highest BCUT2D eigenvalue weighted by Gasteiger charge is 2.67. The summed E-state index contributed by atoms with van der Waals surface area (Å²) in [5, 5.41) is 19.8. The summed E-state index contributed by atoms with van der Waals surface area (Å²) < 4.78 is 44.7. The van der Waals surface area contributed by atoms with Crippen LogP contribution in [0.1, 0.15) is 11.8 Å². The molecule has 12 heteroatoms. The van der Waals surface area contributed by atoms with E-state index in [0.717, 1.165) is 10.8 Å². The molecule has 1 amide bonds. The van der Waals surface area contributed by atoms with Crippen molar-refractivity contribution in [1.29, 1.82) is 0 Å². The first-order valence-electron chi connectivity index (χ1n) is 7.18. The predicted octanol–water partition coefficient (Wildman–Crippen LogP) is -1.76. The zero-order chi connectivity index (χ0) is 18.7. The van der Waals surface area contributed by atoms with Crippen LogP contribution >= 0.6 is 0 Å². The van der Waals surface area contributed by atoms with Gasteiger partial charge >= 0.3 is 17.8 Å². The molecule has 2 aliphatic rings. The molecule has 0 spiro atoms. The number of H-pyrrole nitrogens is 1. The van der Waals surface area contributed by atoms with Gasteiger partial charge in [-0.05, 0) is 6.92 Å². The molecule has 3 rings (SSSR count). The molecular weight excluding hydrogens is 351 g/mol. The van der Waals surface area contributed by atoms with Crippen LogP contribution in [0.3, 0.4) is 0 Å². The van der Waals surface area contributed by atoms with Gasteiger partial charge in [0.15, 0.2) is 6.23 Å². The number of aryl methyl sites for hydroxylation is 1. The van der Waals surface area contributed by atoms with E-state index in [4.69, 9.17) is 4.74 Å². The molecule has 1 aromatic heterocycles. The Morgan fingerprint density at radius 3 is 2.64 bits per heavy atom. The van der Waals surface area contributed by atoms with Crippen molar-refractivity contribution in [3.8, 4) is 0 Å². The Morgan fingerprint density at radius 2 is 2.12 bits per heavy atom. The van der Waals surface area contributed by atoms with E-state index >= 15 is 0 Å². The van der Waals surface area contributed by atoms with Crippen LogP contribution in [-0.2, 0) is 9.53 Å². The first-order chi connectivity index (χ1) is 11.5. The number of aromatic amines is 1. The van der Waals surface area contributed by atoms with Crippen molar-refractivity contribution < 1.29 is 32.9 Å². The second kappa shape index (κ2) is 5.41. The van der Waals surface area contributed by atoms with Crippen LogP contribution in [0.2, 0.25) is 0 Å². The van der Waals surface area contributed by atoms with Gasteiger partial charge in [-0.2, -0.15) is 13.2 Å². The minimum atomic E-state index is -5.20.